The average Bonchev–Trinajstić information content (AvgIpc) is 3.36. The van der Waals surface area contributed by atoms with Gasteiger partial charge < -0.3 is 0 Å². The molecule has 5 rings (SSSR count). The van der Waals surface area contributed by atoms with E-state index in [0.29, 0.717) is 11.2 Å². The maximum absolute atomic E-state index is 12.6. The van der Waals surface area contributed by atoms with Gasteiger partial charge in [-0.05, 0) is 98.7 Å². The van der Waals surface area contributed by atoms with Crippen LogP contribution in [-0.2, 0) is 4.79 Å². The summed E-state index contributed by atoms with van der Waals surface area (Å²) in [5.74, 6) is 6.24. The van der Waals surface area contributed by atoms with Crippen LogP contribution in [0.4, 0.5) is 0 Å². The van der Waals surface area contributed by atoms with Gasteiger partial charge in [0.25, 0.3) is 0 Å². The fourth-order valence-electron chi connectivity index (χ4n) is 8.57. The Morgan fingerprint density at radius 1 is 0.875 bits per heavy atom. The Bertz CT molecular complexity index is 534. The second-order valence-electron chi connectivity index (χ2n) is 10.7. The van der Waals surface area contributed by atoms with Crippen LogP contribution in [0.5, 0.6) is 0 Å². The van der Waals surface area contributed by atoms with Gasteiger partial charge in [0.05, 0.1) is 0 Å². The molecular weight excluding hydrogens is 292 g/mol. The molecule has 0 amide bonds. The number of carbonyl (C=O) groups excluding carboxylic acids is 1. The number of rotatable bonds is 1. The first-order chi connectivity index (χ1) is 11.5. The molecule has 0 saturated heterocycles. The molecule has 1 nitrogen and oxygen atoms in total. The van der Waals surface area contributed by atoms with E-state index in [0.717, 1.165) is 41.9 Å². The molecule has 24 heavy (non-hydrogen) atoms. The summed E-state index contributed by atoms with van der Waals surface area (Å²) in [6.07, 6.45) is 16.7. The van der Waals surface area contributed by atoms with Gasteiger partial charge in [-0.25, -0.2) is 0 Å². The van der Waals surface area contributed by atoms with Crippen LogP contribution in [-0.4, -0.2) is 5.78 Å². The van der Waals surface area contributed by atoms with Crippen LogP contribution < -0.4 is 0 Å². The van der Waals surface area contributed by atoms with Crippen molar-refractivity contribution in [2.45, 2.75) is 90.9 Å². The van der Waals surface area contributed by atoms with Crippen molar-refractivity contribution < 1.29 is 4.79 Å². The predicted molar refractivity (Wildman–Crippen MR) is 97.6 cm³/mol. The molecule has 5 aliphatic rings. The highest BCUT2D eigenvalue weighted by molar-refractivity contribution is 5.87. The minimum atomic E-state index is 0.0682. The Labute approximate surface area is 148 Å². The lowest BCUT2D eigenvalue weighted by molar-refractivity contribution is -0.136. The van der Waals surface area contributed by atoms with E-state index in [1.807, 2.05) is 0 Å². The number of Topliss-reactive ketones (excluding diaryl/α,β-unsaturated/α-hetero) is 1. The summed E-state index contributed by atoms with van der Waals surface area (Å²) in [6, 6.07) is 0. The van der Waals surface area contributed by atoms with Gasteiger partial charge in [0.1, 0.15) is 5.78 Å². The van der Waals surface area contributed by atoms with Gasteiger partial charge in [-0.15, -0.1) is 0 Å². The van der Waals surface area contributed by atoms with E-state index in [1.165, 1.54) is 70.6 Å². The number of ketones is 1. The zero-order chi connectivity index (χ0) is 16.5. The highest BCUT2D eigenvalue weighted by Gasteiger charge is 2.62. The van der Waals surface area contributed by atoms with Gasteiger partial charge in [0.15, 0.2) is 0 Å². The van der Waals surface area contributed by atoms with Crippen molar-refractivity contribution in [3.8, 4) is 0 Å². The molecule has 0 spiro atoms. The molecule has 0 heterocycles. The fraction of sp³-hybridized carbons (Fsp3) is 0.957. The quantitative estimate of drug-likeness (QED) is 0.575. The smallest absolute Gasteiger partial charge is 0.139 e. The largest absolute Gasteiger partial charge is 0.299 e. The van der Waals surface area contributed by atoms with Crippen LogP contribution in [0.2, 0.25) is 0 Å². The molecule has 0 radical (unpaired) electrons. The van der Waals surface area contributed by atoms with Gasteiger partial charge in [-0.2, -0.15) is 0 Å². The van der Waals surface area contributed by atoms with E-state index in [-0.39, 0.29) is 5.41 Å². The summed E-state index contributed by atoms with van der Waals surface area (Å²) in [7, 11) is 0. The first-order valence-electron chi connectivity index (χ1n) is 11.1. The van der Waals surface area contributed by atoms with E-state index < -0.39 is 0 Å². The Morgan fingerprint density at radius 2 is 1.62 bits per heavy atom. The first kappa shape index (κ1) is 15.9. The van der Waals surface area contributed by atoms with Crippen LogP contribution in [0.15, 0.2) is 0 Å². The normalized spacial score (nSPS) is 54.6. The lowest BCUT2D eigenvalue weighted by atomic mass is 9.47. The standard InChI is InChI=1S/C23H36O/c1-15-4-3-5-20-18-10-12-22(2)19(8-9-21(22)24)17(18)11-13-23(20,14-15)16-6-7-16/h15-20H,3-14H2,1-2H3/t15-,17+,18?,19?,20?,22-,23+/m0/s1. The van der Waals surface area contributed by atoms with E-state index in [2.05, 4.69) is 13.8 Å². The van der Waals surface area contributed by atoms with E-state index in [1.54, 1.807) is 0 Å². The van der Waals surface area contributed by atoms with Gasteiger partial charge in [0.2, 0.25) is 0 Å². The van der Waals surface area contributed by atoms with Crippen molar-refractivity contribution in [3.63, 3.8) is 0 Å². The summed E-state index contributed by atoms with van der Waals surface area (Å²) >= 11 is 0. The molecule has 0 aromatic rings. The summed E-state index contributed by atoms with van der Waals surface area (Å²) in [6.45, 7) is 4.87. The van der Waals surface area contributed by atoms with Crippen molar-refractivity contribution in [2.24, 2.45) is 46.3 Å². The van der Waals surface area contributed by atoms with Gasteiger partial charge in [0, 0.05) is 11.8 Å². The van der Waals surface area contributed by atoms with Gasteiger partial charge in [-0.1, -0.05) is 26.7 Å². The average molecular weight is 329 g/mol. The molecule has 7 atom stereocenters. The van der Waals surface area contributed by atoms with Crippen LogP contribution in [0.3, 0.4) is 0 Å². The first-order valence-corrected chi connectivity index (χ1v) is 11.1. The van der Waals surface area contributed by atoms with Crippen LogP contribution in [0.1, 0.15) is 90.9 Å². The van der Waals surface area contributed by atoms with Gasteiger partial charge >= 0.3 is 0 Å². The van der Waals surface area contributed by atoms with E-state index in [9.17, 15) is 4.79 Å². The summed E-state index contributed by atoms with van der Waals surface area (Å²) in [4.78, 5) is 12.6. The highest BCUT2D eigenvalue weighted by atomic mass is 16.1. The highest BCUT2D eigenvalue weighted by Crippen LogP contribution is 2.68. The third-order valence-electron chi connectivity index (χ3n) is 9.73. The van der Waals surface area contributed by atoms with Crippen molar-refractivity contribution in [1.82, 2.24) is 0 Å². The van der Waals surface area contributed by atoms with Gasteiger partial charge in [-0.3, -0.25) is 4.79 Å². The van der Waals surface area contributed by atoms with Crippen molar-refractivity contribution in [3.05, 3.63) is 0 Å². The minimum Gasteiger partial charge on any atom is -0.299 e. The zero-order valence-electron chi connectivity index (χ0n) is 15.9. The maximum atomic E-state index is 12.6. The molecule has 1 heteroatoms. The Balaban J connectivity index is 1.48. The Hall–Kier alpha value is -0.330. The molecule has 0 aliphatic heterocycles. The second kappa shape index (κ2) is 5.34. The van der Waals surface area contributed by atoms with Crippen LogP contribution in [0.25, 0.3) is 0 Å². The van der Waals surface area contributed by atoms with Crippen LogP contribution >= 0.6 is 0 Å². The number of hydrogen-bond acceptors (Lipinski definition) is 1. The Kier molecular flexibility index (Phi) is 3.53. The van der Waals surface area contributed by atoms with Crippen molar-refractivity contribution in [2.75, 3.05) is 0 Å². The molecule has 3 unspecified atom stereocenters. The number of hydrogen-bond donors (Lipinski definition) is 0. The molecule has 0 aromatic heterocycles. The monoisotopic (exact) mass is 328 g/mol. The molecule has 0 bridgehead atoms. The van der Waals surface area contributed by atoms with Crippen LogP contribution in [0, 0.1) is 46.3 Å². The summed E-state index contributed by atoms with van der Waals surface area (Å²) < 4.78 is 0. The molecule has 5 saturated carbocycles. The lowest BCUT2D eigenvalue weighted by Gasteiger charge is -2.58. The molecule has 5 aliphatic carbocycles. The second-order valence-corrected chi connectivity index (χ2v) is 10.7. The third kappa shape index (κ3) is 2.08. The zero-order valence-corrected chi connectivity index (χ0v) is 15.9. The third-order valence-corrected chi connectivity index (χ3v) is 9.73. The summed E-state index contributed by atoms with van der Waals surface area (Å²) in [5, 5.41) is 0. The van der Waals surface area contributed by atoms with Crippen molar-refractivity contribution in [1.29, 1.82) is 0 Å². The molecule has 0 N–H and O–H groups in total. The minimum absolute atomic E-state index is 0.0682. The Morgan fingerprint density at radius 3 is 2.42 bits per heavy atom. The number of carbonyl (C=O) groups is 1. The molecule has 0 aromatic carbocycles. The molecule has 134 valence electrons. The SMILES string of the molecule is C[C@H]1CCCC2C3CC[C@]4(C)C(=O)CCC4[C@@H]3CC[C@]2(C2CC2)C1. The lowest BCUT2D eigenvalue weighted by Crippen LogP contribution is -2.51. The molecule has 5 fully saturated rings. The molecular formula is C23H36O. The summed E-state index contributed by atoms with van der Waals surface area (Å²) in [5.41, 5.74) is 0.784. The predicted octanol–water partition coefficient (Wildman–Crippen LogP) is 6.01. The van der Waals surface area contributed by atoms with E-state index in [4.69, 9.17) is 0 Å². The topological polar surface area (TPSA) is 17.1 Å². The fourth-order valence-corrected chi connectivity index (χ4v) is 8.57. The van der Waals surface area contributed by atoms with Crippen molar-refractivity contribution >= 4 is 5.78 Å². The maximum Gasteiger partial charge on any atom is 0.139 e. The van der Waals surface area contributed by atoms with E-state index >= 15 is 0 Å². The number of fused-ring (bicyclic) bond motifs is 5.